The molecule has 0 spiro atoms. The Bertz CT molecular complexity index is 284. The third-order valence-corrected chi connectivity index (χ3v) is 4.04. The van der Waals surface area contributed by atoms with Gasteiger partial charge in [0.2, 0.25) is 5.91 Å². The average molecular weight is 271 g/mol. The van der Waals surface area contributed by atoms with Crippen LogP contribution in [0.15, 0.2) is 0 Å². The van der Waals surface area contributed by atoms with Crippen molar-refractivity contribution in [3.63, 3.8) is 0 Å². The number of hydrogen-bond acceptors (Lipinski definition) is 3. The van der Waals surface area contributed by atoms with E-state index < -0.39 is 0 Å². The van der Waals surface area contributed by atoms with E-state index in [0.29, 0.717) is 23.5 Å². The molecule has 18 heavy (non-hydrogen) atoms. The Kier molecular flexibility index (Phi) is 6.57. The minimum Gasteiger partial charge on any atom is -0.393 e. The summed E-state index contributed by atoms with van der Waals surface area (Å²) in [5, 5.41) is 3.07. The highest BCUT2D eigenvalue weighted by Crippen LogP contribution is 2.16. The number of nitrogens with one attached hydrogen (secondary N) is 1. The molecule has 1 aliphatic rings. The van der Waals surface area contributed by atoms with Crippen molar-refractivity contribution in [2.24, 2.45) is 11.7 Å². The van der Waals surface area contributed by atoms with E-state index in [1.54, 1.807) is 0 Å². The summed E-state index contributed by atoms with van der Waals surface area (Å²) in [6, 6.07) is 0.312. The molecule has 1 fully saturated rings. The Hall–Kier alpha value is -0.680. The van der Waals surface area contributed by atoms with Crippen LogP contribution in [0.3, 0.4) is 0 Å². The Balaban J connectivity index is 2.28. The molecule has 0 atom stereocenters. The molecule has 1 aliphatic heterocycles. The minimum atomic E-state index is 0.137. The number of nitrogens with zero attached hydrogens (tertiary/aromatic N) is 1. The standard InChI is InChI=1S/C13H25N3OS/c1-3-11(4-2)15-12(17)9-16-7-5-10(6-8-16)13(14)18/h10-11H,3-9H2,1-2H3,(H2,14,18)(H,15,17). The number of carbonyl (C=O) groups excluding carboxylic acids is 1. The van der Waals surface area contributed by atoms with Gasteiger partial charge in [0.05, 0.1) is 11.5 Å². The summed E-state index contributed by atoms with van der Waals surface area (Å²) in [6.07, 6.45) is 3.94. The number of piperidine rings is 1. The first-order valence-corrected chi connectivity index (χ1v) is 7.28. The number of carbonyl (C=O) groups is 1. The normalized spacial score (nSPS) is 17.9. The fraction of sp³-hybridized carbons (Fsp3) is 0.846. The molecular weight excluding hydrogens is 246 g/mol. The van der Waals surface area contributed by atoms with Crippen molar-refractivity contribution in [1.29, 1.82) is 0 Å². The van der Waals surface area contributed by atoms with Gasteiger partial charge in [0.1, 0.15) is 0 Å². The number of rotatable bonds is 6. The lowest BCUT2D eigenvalue weighted by molar-refractivity contribution is -0.123. The summed E-state index contributed by atoms with van der Waals surface area (Å²) < 4.78 is 0. The maximum absolute atomic E-state index is 11.9. The smallest absolute Gasteiger partial charge is 0.234 e. The molecule has 4 nitrogen and oxygen atoms in total. The Morgan fingerprint density at radius 3 is 2.39 bits per heavy atom. The summed E-state index contributed by atoms with van der Waals surface area (Å²) in [5.41, 5.74) is 5.65. The van der Waals surface area contributed by atoms with Gasteiger partial charge in [-0.1, -0.05) is 26.1 Å². The summed E-state index contributed by atoms with van der Waals surface area (Å²) >= 11 is 5.01. The average Bonchev–Trinajstić information content (AvgIpc) is 2.36. The number of thiocarbonyl (C=S) groups is 1. The molecule has 0 aromatic rings. The lowest BCUT2D eigenvalue weighted by atomic mass is 9.97. The zero-order chi connectivity index (χ0) is 13.5. The van der Waals surface area contributed by atoms with Crippen LogP contribution in [-0.4, -0.2) is 41.5 Å². The van der Waals surface area contributed by atoms with Crippen molar-refractivity contribution in [1.82, 2.24) is 10.2 Å². The van der Waals surface area contributed by atoms with Gasteiger partial charge in [-0.3, -0.25) is 9.69 Å². The molecule has 3 N–H and O–H groups in total. The van der Waals surface area contributed by atoms with E-state index >= 15 is 0 Å². The largest absolute Gasteiger partial charge is 0.393 e. The van der Waals surface area contributed by atoms with Crippen molar-refractivity contribution in [3.05, 3.63) is 0 Å². The summed E-state index contributed by atoms with van der Waals surface area (Å²) in [7, 11) is 0. The Labute approximate surface area is 115 Å². The molecular formula is C13H25N3OS. The van der Waals surface area contributed by atoms with Crippen molar-refractivity contribution in [2.75, 3.05) is 19.6 Å². The van der Waals surface area contributed by atoms with Crippen LogP contribution in [0.5, 0.6) is 0 Å². The molecule has 0 unspecified atom stereocenters. The second kappa shape index (κ2) is 7.69. The number of likely N-dealkylation sites (tertiary alicyclic amines) is 1. The van der Waals surface area contributed by atoms with Gasteiger partial charge in [0, 0.05) is 12.0 Å². The van der Waals surface area contributed by atoms with Gasteiger partial charge in [-0.15, -0.1) is 0 Å². The Morgan fingerprint density at radius 2 is 1.94 bits per heavy atom. The van der Waals surface area contributed by atoms with Gasteiger partial charge in [0.25, 0.3) is 0 Å². The van der Waals surface area contributed by atoms with Gasteiger partial charge in [0.15, 0.2) is 0 Å². The first-order valence-electron chi connectivity index (χ1n) is 6.87. The lowest BCUT2D eigenvalue weighted by Crippen LogP contribution is -2.45. The maximum atomic E-state index is 11.9. The first kappa shape index (κ1) is 15.4. The number of nitrogens with two attached hydrogens (primary N) is 1. The maximum Gasteiger partial charge on any atom is 0.234 e. The molecule has 0 aromatic carbocycles. The fourth-order valence-electron chi connectivity index (χ4n) is 2.34. The van der Waals surface area contributed by atoms with Crippen LogP contribution in [0.1, 0.15) is 39.5 Å². The van der Waals surface area contributed by atoms with E-state index in [0.717, 1.165) is 38.8 Å². The van der Waals surface area contributed by atoms with E-state index in [4.69, 9.17) is 18.0 Å². The molecule has 104 valence electrons. The molecule has 1 rings (SSSR count). The quantitative estimate of drug-likeness (QED) is 0.715. The van der Waals surface area contributed by atoms with Crippen LogP contribution < -0.4 is 11.1 Å². The van der Waals surface area contributed by atoms with Crippen LogP contribution in [0, 0.1) is 5.92 Å². The van der Waals surface area contributed by atoms with Crippen LogP contribution in [-0.2, 0) is 4.79 Å². The third kappa shape index (κ3) is 4.90. The third-order valence-electron chi connectivity index (χ3n) is 3.71. The second-order valence-electron chi connectivity index (χ2n) is 5.03. The predicted molar refractivity (Wildman–Crippen MR) is 78.5 cm³/mol. The van der Waals surface area contributed by atoms with E-state index in [2.05, 4.69) is 24.1 Å². The highest BCUT2D eigenvalue weighted by molar-refractivity contribution is 7.80. The van der Waals surface area contributed by atoms with Gasteiger partial charge in [-0.25, -0.2) is 0 Å². The zero-order valence-corrected chi connectivity index (χ0v) is 12.3. The molecule has 0 bridgehead atoms. The van der Waals surface area contributed by atoms with E-state index in [1.807, 2.05) is 0 Å². The molecule has 0 aromatic heterocycles. The molecule has 0 radical (unpaired) electrons. The molecule has 1 heterocycles. The monoisotopic (exact) mass is 271 g/mol. The molecule has 1 amide bonds. The van der Waals surface area contributed by atoms with Gasteiger partial charge >= 0.3 is 0 Å². The second-order valence-corrected chi connectivity index (χ2v) is 5.51. The highest BCUT2D eigenvalue weighted by atomic mass is 32.1. The van der Waals surface area contributed by atoms with Crippen LogP contribution in [0.2, 0.25) is 0 Å². The number of amides is 1. The summed E-state index contributed by atoms with van der Waals surface area (Å²) in [5.74, 6) is 0.496. The topological polar surface area (TPSA) is 58.4 Å². The number of hydrogen-bond donors (Lipinski definition) is 2. The van der Waals surface area contributed by atoms with E-state index in [-0.39, 0.29) is 5.91 Å². The van der Waals surface area contributed by atoms with Gasteiger partial charge in [-0.2, -0.15) is 0 Å². The van der Waals surface area contributed by atoms with Crippen molar-refractivity contribution in [2.45, 2.75) is 45.6 Å². The molecule has 0 aliphatic carbocycles. The zero-order valence-electron chi connectivity index (χ0n) is 11.4. The minimum absolute atomic E-state index is 0.137. The van der Waals surface area contributed by atoms with Crippen molar-refractivity contribution >= 4 is 23.1 Å². The highest BCUT2D eigenvalue weighted by Gasteiger charge is 2.22. The first-order chi connectivity index (χ1) is 8.56. The van der Waals surface area contributed by atoms with Gasteiger partial charge in [-0.05, 0) is 38.8 Å². The Morgan fingerprint density at radius 1 is 1.39 bits per heavy atom. The molecule has 5 heteroatoms. The van der Waals surface area contributed by atoms with Crippen LogP contribution >= 0.6 is 12.2 Å². The lowest BCUT2D eigenvalue weighted by Gasteiger charge is -2.31. The molecule has 1 saturated heterocycles. The summed E-state index contributed by atoms with van der Waals surface area (Å²) in [6.45, 7) is 6.53. The van der Waals surface area contributed by atoms with Crippen molar-refractivity contribution < 1.29 is 4.79 Å². The summed E-state index contributed by atoms with van der Waals surface area (Å²) in [4.78, 5) is 14.7. The fourth-order valence-corrected chi connectivity index (χ4v) is 2.58. The van der Waals surface area contributed by atoms with Crippen molar-refractivity contribution in [3.8, 4) is 0 Å². The van der Waals surface area contributed by atoms with Crippen LogP contribution in [0.25, 0.3) is 0 Å². The van der Waals surface area contributed by atoms with E-state index in [1.165, 1.54) is 0 Å². The SMILES string of the molecule is CCC(CC)NC(=O)CN1CCC(C(N)=S)CC1. The van der Waals surface area contributed by atoms with E-state index in [9.17, 15) is 4.79 Å². The van der Waals surface area contributed by atoms with Gasteiger partial charge < -0.3 is 11.1 Å². The van der Waals surface area contributed by atoms with Crippen LogP contribution in [0.4, 0.5) is 0 Å². The predicted octanol–water partition coefficient (Wildman–Crippen LogP) is 1.29. The molecule has 0 saturated carbocycles.